The molecule has 1 fully saturated rings. The molecule has 112 valence electrons. The molecule has 2 aromatic rings. The van der Waals surface area contributed by atoms with Crippen LogP contribution in [0.5, 0.6) is 0 Å². The number of hydrogen-bond acceptors (Lipinski definition) is 3. The van der Waals surface area contributed by atoms with Crippen LogP contribution >= 0.6 is 0 Å². The van der Waals surface area contributed by atoms with Crippen molar-refractivity contribution in [3.8, 4) is 5.69 Å². The summed E-state index contributed by atoms with van der Waals surface area (Å²) in [6.07, 6.45) is 9.83. The molecule has 0 radical (unpaired) electrons. The van der Waals surface area contributed by atoms with Crippen LogP contribution in [0.3, 0.4) is 0 Å². The molecule has 4 nitrogen and oxygen atoms in total. The number of nitrogens with two attached hydrogens (primary N) is 1. The van der Waals surface area contributed by atoms with Gasteiger partial charge in [0.15, 0.2) is 0 Å². The van der Waals surface area contributed by atoms with Crippen LogP contribution in [0, 0.1) is 5.92 Å². The first kappa shape index (κ1) is 14.3. The Kier molecular flexibility index (Phi) is 4.68. The van der Waals surface area contributed by atoms with E-state index in [4.69, 9.17) is 10.9 Å². The molecule has 1 saturated carbocycles. The van der Waals surface area contributed by atoms with Crippen molar-refractivity contribution in [3.63, 3.8) is 0 Å². The second-order valence-corrected chi connectivity index (χ2v) is 5.92. The number of rotatable bonds is 4. The second kappa shape index (κ2) is 6.87. The van der Waals surface area contributed by atoms with E-state index in [2.05, 4.69) is 23.6 Å². The quantitative estimate of drug-likeness (QED) is 0.514. The summed E-state index contributed by atoms with van der Waals surface area (Å²) in [5, 5.41) is 4.73. The van der Waals surface area contributed by atoms with Gasteiger partial charge >= 0.3 is 0 Å². The van der Waals surface area contributed by atoms with Crippen molar-refractivity contribution in [2.45, 2.75) is 44.6 Å². The van der Waals surface area contributed by atoms with E-state index in [1.165, 1.54) is 38.5 Å². The zero-order chi connectivity index (χ0) is 14.5. The van der Waals surface area contributed by atoms with Gasteiger partial charge in [0.1, 0.15) is 0 Å². The van der Waals surface area contributed by atoms with Crippen molar-refractivity contribution in [1.29, 1.82) is 0 Å². The Balaban J connectivity index is 1.79. The lowest BCUT2D eigenvalue weighted by atomic mass is 9.90. The minimum absolute atomic E-state index is 0.160. The molecular formula is C17H24N4. The lowest BCUT2D eigenvalue weighted by Gasteiger charge is -2.23. The average molecular weight is 284 g/mol. The third-order valence-electron chi connectivity index (χ3n) is 4.50. The minimum atomic E-state index is 0.160. The van der Waals surface area contributed by atoms with Gasteiger partial charge in [-0.2, -0.15) is 5.10 Å². The van der Waals surface area contributed by atoms with Crippen LogP contribution in [0.15, 0.2) is 42.6 Å². The maximum Gasteiger partial charge on any atom is 0.0814 e. The summed E-state index contributed by atoms with van der Waals surface area (Å²) in [4.78, 5) is 0. The highest BCUT2D eigenvalue weighted by atomic mass is 15.3. The Morgan fingerprint density at radius 2 is 1.76 bits per heavy atom. The van der Waals surface area contributed by atoms with Crippen LogP contribution in [-0.2, 0) is 0 Å². The molecular weight excluding hydrogens is 260 g/mol. The predicted molar refractivity (Wildman–Crippen MR) is 84.8 cm³/mol. The first-order chi connectivity index (χ1) is 10.4. The highest BCUT2D eigenvalue weighted by Gasteiger charge is 2.25. The van der Waals surface area contributed by atoms with Crippen LogP contribution in [0.4, 0.5) is 0 Å². The van der Waals surface area contributed by atoms with Gasteiger partial charge in [-0.3, -0.25) is 11.3 Å². The van der Waals surface area contributed by atoms with E-state index in [9.17, 15) is 0 Å². The molecule has 3 N–H and O–H groups in total. The van der Waals surface area contributed by atoms with Crippen molar-refractivity contribution in [2.75, 3.05) is 0 Å². The van der Waals surface area contributed by atoms with E-state index in [-0.39, 0.29) is 6.04 Å². The van der Waals surface area contributed by atoms with E-state index in [0.29, 0.717) is 5.92 Å². The maximum atomic E-state index is 5.84. The van der Waals surface area contributed by atoms with Gasteiger partial charge in [-0.15, -0.1) is 0 Å². The molecule has 1 aliphatic rings. The van der Waals surface area contributed by atoms with Crippen LogP contribution in [0.25, 0.3) is 5.69 Å². The molecule has 0 aliphatic heterocycles. The number of para-hydroxylation sites is 1. The lowest BCUT2D eigenvalue weighted by Crippen LogP contribution is -2.34. The molecule has 1 heterocycles. The van der Waals surface area contributed by atoms with Crippen LogP contribution in [0.1, 0.15) is 50.3 Å². The molecule has 0 saturated heterocycles. The van der Waals surface area contributed by atoms with Crippen molar-refractivity contribution in [1.82, 2.24) is 15.2 Å². The second-order valence-electron chi connectivity index (χ2n) is 5.92. The summed E-state index contributed by atoms with van der Waals surface area (Å²) >= 11 is 0. The van der Waals surface area contributed by atoms with E-state index in [1.54, 1.807) is 0 Å². The highest BCUT2D eigenvalue weighted by Crippen LogP contribution is 2.32. The fraction of sp³-hybridized carbons (Fsp3) is 0.471. The largest absolute Gasteiger partial charge is 0.271 e. The third kappa shape index (κ3) is 3.34. The van der Waals surface area contributed by atoms with E-state index < -0.39 is 0 Å². The number of hydrogen-bond donors (Lipinski definition) is 2. The number of nitrogens with one attached hydrogen (secondary N) is 1. The van der Waals surface area contributed by atoms with Crippen molar-refractivity contribution < 1.29 is 0 Å². The Labute approximate surface area is 126 Å². The van der Waals surface area contributed by atoms with Gasteiger partial charge in [0.05, 0.1) is 17.4 Å². The van der Waals surface area contributed by atoms with E-state index >= 15 is 0 Å². The van der Waals surface area contributed by atoms with Gasteiger partial charge in [0.2, 0.25) is 0 Å². The number of nitrogens with zero attached hydrogens (tertiary/aromatic N) is 2. The maximum absolute atomic E-state index is 5.84. The molecule has 1 aromatic heterocycles. The summed E-state index contributed by atoms with van der Waals surface area (Å²) in [6.45, 7) is 0. The number of aromatic nitrogens is 2. The Hall–Kier alpha value is -1.65. The summed E-state index contributed by atoms with van der Waals surface area (Å²) < 4.78 is 1.93. The monoisotopic (exact) mass is 284 g/mol. The van der Waals surface area contributed by atoms with Crippen LogP contribution < -0.4 is 11.3 Å². The van der Waals surface area contributed by atoms with E-state index in [1.807, 2.05) is 29.1 Å². The summed E-state index contributed by atoms with van der Waals surface area (Å²) in [6, 6.07) is 12.4. The SMILES string of the molecule is NNC(c1ccn(-c2ccccc2)n1)C1CCCCCC1. The molecule has 0 bridgehead atoms. The van der Waals surface area contributed by atoms with Gasteiger partial charge in [-0.1, -0.05) is 43.9 Å². The summed E-state index contributed by atoms with van der Waals surface area (Å²) in [7, 11) is 0. The van der Waals surface area contributed by atoms with Gasteiger partial charge in [0.25, 0.3) is 0 Å². The fourth-order valence-electron chi connectivity index (χ4n) is 3.34. The molecule has 0 spiro atoms. The summed E-state index contributed by atoms with van der Waals surface area (Å²) in [5.41, 5.74) is 5.14. The van der Waals surface area contributed by atoms with Crippen LogP contribution in [0.2, 0.25) is 0 Å². The topological polar surface area (TPSA) is 55.9 Å². The van der Waals surface area contributed by atoms with Crippen molar-refractivity contribution >= 4 is 0 Å². The molecule has 1 atom stereocenters. The van der Waals surface area contributed by atoms with Crippen LogP contribution in [-0.4, -0.2) is 9.78 Å². The zero-order valence-corrected chi connectivity index (χ0v) is 12.4. The molecule has 21 heavy (non-hydrogen) atoms. The third-order valence-corrected chi connectivity index (χ3v) is 4.50. The van der Waals surface area contributed by atoms with Gasteiger partial charge in [0, 0.05) is 6.20 Å². The molecule has 4 heteroatoms. The zero-order valence-electron chi connectivity index (χ0n) is 12.4. The highest BCUT2D eigenvalue weighted by molar-refractivity contribution is 5.30. The van der Waals surface area contributed by atoms with Gasteiger partial charge in [-0.05, 0) is 37.0 Å². The molecule has 1 aromatic carbocycles. The molecule has 0 amide bonds. The Morgan fingerprint density at radius 1 is 1.05 bits per heavy atom. The smallest absolute Gasteiger partial charge is 0.0814 e. The molecule has 3 rings (SSSR count). The molecule has 1 unspecified atom stereocenters. The Morgan fingerprint density at radius 3 is 2.43 bits per heavy atom. The predicted octanol–water partition coefficient (Wildman–Crippen LogP) is 3.35. The number of benzene rings is 1. The van der Waals surface area contributed by atoms with E-state index in [0.717, 1.165) is 11.4 Å². The van der Waals surface area contributed by atoms with Gasteiger partial charge < -0.3 is 0 Å². The van der Waals surface area contributed by atoms with Crippen molar-refractivity contribution in [2.24, 2.45) is 11.8 Å². The van der Waals surface area contributed by atoms with Gasteiger partial charge in [-0.25, -0.2) is 4.68 Å². The summed E-state index contributed by atoms with van der Waals surface area (Å²) in [5.74, 6) is 6.43. The minimum Gasteiger partial charge on any atom is -0.271 e. The fourth-order valence-corrected chi connectivity index (χ4v) is 3.34. The lowest BCUT2D eigenvalue weighted by molar-refractivity contribution is 0.322. The van der Waals surface area contributed by atoms with Crippen molar-refractivity contribution in [3.05, 3.63) is 48.3 Å². The first-order valence-corrected chi connectivity index (χ1v) is 7.95. The molecule has 1 aliphatic carbocycles. The Bertz CT molecular complexity index is 541. The normalized spacial score (nSPS) is 18.3. The number of hydrazine groups is 1. The first-order valence-electron chi connectivity index (χ1n) is 7.95. The standard InChI is InChI=1S/C17H24N4/c18-19-17(14-8-4-1-2-5-9-14)16-12-13-21(20-16)15-10-6-3-7-11-15/h3,6-7,10-14,17,19H,1-2,4-5,8-9,18H2. The average Bonchev–Trinajstić information content (AvgIpc) is 2.86.